The second-order valence-corrected chi connectivity index (χ2v) is 5.83. The number of carbonyl (C=O) groups is 2. The summed E-state index contributed by atoms with van der Waals surface area (Å²) >= 11 is 0. The molecule has 2 fully saturated rings. The van der Waals surface area contributed by atoms with Crippen molar-refractivity contribution in [1.82, 2.24) is 4.90 Å². The van der Waals surface area contributed by atoms with Gasteiger partial charge in [0, 0.05) is 6.54 Å². The summed E-state index contributed by atoms with van der Waals surface area (Å²) in [6.45, 7) is 6.05. The van der Waals surface area contributed by atoms with Crippen LogP contribution in [-0.2, 0) is 9.53 Å². The minimum absolute atomic E-state index is 0.133. The first-order chi connectivity index (χ1) is 7.81. The summed E-state index contributed by atoms with van der Waals surface area (Å²) in [6.07, 6.45) is 1.39. The Balaban J connectivity index is 2.02. The molecule has 5 nitrogen and oxygen atoms in total. The third-order valence-corrected chi connectivity index (χ3v) is 3.34. The Morgan fingerprint density at radius 2 is 2.00 bits per heavy atom. The van der Waals surface area contributed by atoms with Crippen LogP contribution in [0.15, 0.2) is 0 Å². The van der Waals surface area contributed by atoms with Crippen LogP contribution in [0.5, 0.6) is 0 Å². The molecule has 5 heteroatoms. The number of piperidine rings is 1. The fraction of sp³-hybridized carbons (Fsp3) is 0.833. The van der Waals surface area contributed by atoms with Crippen LogP contribution in [0.1, 0.15) is 33.6 Å². The van der Waals surface area contributed by atoms with Crippen molar-refractivity contribution in [2.45, 2.75) is 45.3 Å². The molecule has 2 aliphatic rings. The minimum Gasteiger partial charge on any atom is -0.481 e. The molecule has 1 saturated heterocycles. The maximum atomic E-state index is 11.9. The second kappa shape index (κ2) is 3.89. The number of likely N-dealkylation sites (tertiary alicyclic amines) is 1. The first-order valence-corrected chi connectivity index (χ1v) is 6.04. The molecule has 1 saturated carbocycles. The number of hydrogen-bond donors (Lipinski definition) is 1. The monoisotopic (exact) mass is 241 g/mol. The van der Waals surface area contributed by atoms with E-state index in [1.165, 1.54) is 0 Å². The molecule has 1 aliphatic carbocycles. The molecule has 0 aromatic heterocycles. The van der Waals surface area contributed by atoms with Crippen LogP contribution >= 0.6 is 0 Å². The molecule has 0 bridgehead atoms. The summed E-state index contributed by atoms with van der Waals surface area (Å²) in [5.74, 6) is -1.05. The highest BCUT2D eigenvalue weighted by atomic mass is 16.6. The number of amides is 1. The van der Waals surface area contributed by atoms with Gasteiger partial charge in [-0.1, -0.05) is 0 Å². The van der Waals surface area contributed by atoms with Crippen molar-refractivity contribution in [3.63, 3.8) is 0 Å². The lowest BCUT2D eigenvalue weighted by atomic mass is 10.1. The van der Waals surface area contributed by atoms with Crippen LogP contribution in [0.4, 0.5) is 4.79 Å². The summed E-state index contributed by atoms with van der Waals surface area (Å²) in [5.41, 5.74) is -0.530. The van der Waals surface area contributed by atoms with Gasteiger partial charge in [-0.15, -0.1) is 0 Å². The van der Waals surface area contributed by atoms with E-state index in [9.17, 15) is 9.59 Å². The van der Waals surface area contributed by atoms with E-state index >= 15 is 0 Å². The molecule has 1 amide bonds. The van der Waals surface area contributed by atoms with Crippen LogP contribution in [0.3, 0.4) is 0 Å². The minimum atomic E-state index is -0.796. The van der Waals surface area contributed by atoms with Crippen LogP contribution in [0.25, 0.3) is 0 Å². The van der Waals surface area contributed by atoms with Crippen molar-refractivity contribution in [2.75, 3.05) is 6.54 Å². The van der Waals surface area contributed by atoms with Gasteiger partial charge in [-0.05, 0) is 39.5 Å². The zero-order chi connectivity index (χ0) is 12.8. The molecule has 1 heterocycles. The maximum absolute atomic E-state index is 11.9. The number of ether oxygens (including phenoxy) is 1. The van der Waals surface area contributed by atoms with Gasteiger partial charge >= 0.3 is 12.1 Å². The summed E-state index contributed by atoms with van der Waals surface area (Å²) in [4.78, 5) is 24.5. The van der Waals surface area contributed by atoms with E-state index in [2.05, 4.69) is 0 Å². The summed E-state index contributed by atoms with van der Waals surface area (Å²) in [6, 6.07) is -0.143. The van der Waals surface area contributed by atoms with Gasteiger partial charge in [0.05, 0.1) is 12.0 Å². The second-order valence-electron chi connectivity index (χ2n) is 5.83. The van der Waals surface area contributed by atoms with E-state index in [0.717, 1.165) is 12.8 Å². The molecular weight excluding hydrogens is 222 g/mol. The molecule has 3 atom stereocenters. The highest BCUT2D eigenvalue weighted by Gasteiger charge is 2.60. The molecule has 1 aliphatic heterocycles. The fourth-order valence-corrected chi connectivity index (χ4v) is 2.64. The largest absolute Gasteiger partial charge is 0.481 e. The summed E-state index contributed by atoms with van der Waals surface area (Å²) in [7, 11) is 0. The number of aliphatic carboxylic acids is 1. The van der Waals surface area contributed by atoms with Crippen molar-refractivity contribution < 1.29 is 19.4 Å². The fourth-order valence-electron chi connectivity index (χ4n) is 2.64. The van der Waals surface area contributed by atoms with Crippen LogP contribution in [-0.4, -0.2) is 40.3 Å². The van der Waals surface area contributed by atoms with E-state index in [-0.39, 0.29) is 24.0 Å². The lowest BCUT2D eigenvalue weighted by Gasteiger charge is -2.29. The molecule has 1 N–H and O–H groups in total. The van der Waals surface area contributed by atoms with E-state index < -0.39 is 11.6 Å². The van der Waals surface area contributed by atoms with Crippen LogP contribution in [0.2, 0.25) is 0 Å². The smallest absolute Gasteiger partial charge is 0.410 e. The quantitative estimate of drug-likeness (QED) is 0.759. The van der Waals surface area contributed by atoms with Crippen molar-refractivity contribution in [1.29, 1.82) is 0 Å². The van der Waals surface area contributed by atoms with Crippen LogP contribution < -0.4 is 0 Å². The Labute approximate surface area is 101 Å². The Hall–Kier alpha value is -1.26. The van der Waals surface area contributed by atoms with E-state index in [4.69, 9.17) is 9.84 Å². The number of carboxylic acid groups (broad SMARTS) is 1. The number of hydrogen-bond acceptors (Lipinski definition) is 3. The Morgan fingerprint density at radius 3 is 2.53 bits per heavy atom. The predicted molar refractivity (Wildman–Crippen MR) is 60.6 cm³/mol. The highest BCUT2D eigenvalue weighted by Crippen LogP contribution is 2.49. The molecular formula is C12H19NO4. The SMILES string of the molecule is CC(C)(C)OC(=O)N1CCCC2C(C(=O)O)C21. The highest BCUT2D eigenvalue weighted by molar-refractivity contribution is 5.78. The number of carbonyl (C=O) groups excluding carboxylic acids is 1. The average molecular weight is 241 g/mol. The lowest BCUT2D eigenvalue weighted by Crippen LogP contribution is -2.41. The Bertz CT molecular complexity index is 347. The van der Waals surface area contributed by atoms with Crippen molar-refractivity contribution >= 4 is 12.1 Å². The summed E-state index contributed by atoms with van der Waals surface area (Å²) < 4.78 is 5.30. The van der Waals surface area contributed by atoms with Crippen molar-refractivity contribution in [3.05, 3.63) is 0 Å². The van der Waals surface area contributed by atoms with Gasteiger partial charge in [-0.2, -0.15) is 0 Å². The lowest BCUT2D eigenvalue weighted by molar-refractivity contribution is -0.139. The van der Waals surface area contributed by atoms with Gasteiger partial charge in [0.1, 0.15) is 5.60 Å². The molecule has 0 spiro atoms. The Kier molecular flexibility index (Phi) is 2.79. The van der Waals surface area contributed by atoms with Gasteiger partial charge < -0.3 is 14.7 Å². The average Bonchev–Trinajstić information content (AvgIpc) is 2.87. The number of carboxylic acids is 1. The van der Waals surface area contributed by atoms with Gasteiger partial charge in [-0.3, -0.25) is 4.79 Å². The van der Waals surface area contributed by atoms with Gasteiger partial charge in [0.2, 0.25) is 0 Å². The van der Waals surface area contributed by atoms with E-state index in [0.29, 0.717) is 6.54 Å². The molecule has 3 unspecified atom stereocenters. The third-order valence-electron chi connectivity index (χ3n) is 3.34. The summed E-state index contributed by atoms with van der Waals surface area (Å²) in [5, 5.41) is 9.04. The maximum Gasteiger partial charge on any atom is 0.410 e. The molecule has 0 aromatic carbocycles. The zero-order valence-electron chi connectivity index (χ0n) is 10.5. The van der Waals surface area contributed by atoms with Crippen LogP contribution in [0, 0.1) is 11.8 Å². The van der Waals surface area contributed by atoms with Crippen molar-refractivity contribution in [3.8, 4) is 0 Å². The third kappa shape index (κ3) is 2.37. The zero-order valence-corrected chi connectivity index (χ0v) is 10.5. The predicted octanol–water partition coefficient (Wildman–Crippen LogP) is 1.72. The number of fused-ring (bicyclic) bond motifs is 1. The van der Waals surface area contributed by atoms with Gasteiger partial charge in [-0.25, -0.2) is 4.79 Å². The van der Waals surface area contributed by atoms with E-state index in [1.807, 2.05) is 20.8 Å². The topological polar surface area (TPSA) is 66.8 Å². The number of nitrogens with zero attached hydrogens (tertiary/aromatic N) is 1. The molecule has 2 rings (SSSR count). The molecule has 17 heavy (non-hydrogen) atoms. The van der Waals surface area contributed by atoms with Gasteiger partial charge in [0.15, 0.2) is 0 Å². The van der Waals surface area contributed by atoms with E-state index in [1.54, 1.807) is 4.90 Å². The first-order valence-electron chi connectivity index (χ1n) is 6.04. The standard InChI is InChI=1S/C12H19NO4/c1-12(2,3)17-11(16)13-6-4-5-7-8(9(7)13)10(14)15/h7-9H,4-6H2,1-3H3,(H,14,15). The first kappa shape index (κ1) is 12.2. The normalized spacial score (nSPS) is 31.7. The van der Waals surface area contributed by atoms with Gasteiger partial charge in [0.25, 0.3) is 0 Å². The molecule has 96 valence electrons. The molecule has 0 aromatic rings. The number of rotatable bonds is 1. The molecule has 0 radical (unpaired) electrons. The Morgan fingerprint density at radius 1 is 1.35 bits per heavy atom. The van der Waals surface area contributed by atoms with Crippen molar-refractivity contribution in [2.24, 2.45) is 11.8 Å².